The molecule has 3 rings (SSSR count). The van der Waals surface area contributed by atoms with E-state index in [0.717, 1.165) is 22.2 Å². The summed E-state index contributed by atoms with van der Waals surface area (Å²) in [5.74, 6) is -1.40. The van der Waals surface area contributed by atoms with Crippen LogP contribution in [0.5, 0.6) is 0 Å². The minimum atomic E-state index is -0.651. The van der Waals surface area contributed by atoms with Crippen LogP contribution >= 0.6 is 0 Å². The van der Waals surface area contributed by atoms with Crippen LogP contribution in [0.25, 0.3) is 10.9 Å². The van der Waals surface area contributed by atoms with Crippen LogP contribution in [0.2, 0.25) is 0 Å². The number of H-pyrrole nitrogens is 1. The Hall–Kier alpha value is -2.63. The second-order valence-electron chi connectivity index (χ2n) is 5.56. The first-order valence-corrected chi connectivity index (χ1v) is 8.11. The lowest BCUT2D eigenvalue weighted by molar-refractivity contribution is -0.145. The van der Waals surface area contributed by atoms with Gasteiger partial charge in [0, 0.05) is 29.2 Å². The van der Waals surface area contributed by atoms with E-state index in [-0.39, 0.29) is 11.9 Å². The first-order valence-electron chi connectivity index (χ1n) is 8.11. The summed E-state index contributed by atoms with van der Waals surface area (Å²) < 4.78 is 10.3. The van der Waals surface area contributed by atoms with Crippen molar-refractivity contribution in [1.29, 1.82) is 0 Å². The number of aromatic nitrogens is 1. The summed E-state index contributed by atoms with van der Waals surface area (Å²) in [6, 6.07) is 7.13. The number of para-hydroxylation sites is 1. The molecule has 2 unspecified atom stereocenters. The van der Waals surface area contributed by atoms with Gasteiger partial charge in [0.1, 0.15) is 5.92 Å². The Morgan fingerprint density at radius 3 is 2.62 bits per heavy atom. The minimum absolute atomic E-state index is 0.292. The molecule has 0 fully saturated rings. The molecule has 0 amide bonds. The molecule has 1 aliphatic heterocycles. The highest BCUT2D eigenvalue weighted by atomic mass is 16.5. The molecule has 6 heteroatoms. The maximum absolute atomic E-state index is 12.3. The van der Waals surface area contributed by atoms with E-state index in [9.17, 15) is 9.59 Å². The molecule has 2 heterocycles. The van der Waals surface area contributed by atoms with Crippen molar-refractivity contribution in [3.8, 4) is 0 Å². The van der Waals surface area contributed by atoms with Gasteiger partial charge in [-0.15, -0.1) is 0 Å². The topological polar surface area (TPSA) is 80.8 Å². The highest BCUT2D eigenvalue weighted by molar-refractivity contribution is 6.00. The minimum Gasteiger partial charge on any atom is -0.465 e. The zero-order chi connectivity index (χ0) is 17.1. The SMILES string of the molecule is CCOC(=O)C1Cc2c([nH]c3ccccc23)C(C(=O)OCC)C=N1. The molecule has 0 bridgehead atoms. The number of carbonyl (C=O) groups is 2. The second-order valence-corrected chi connectivity index (χ2v) is 5.56. The number of aromatic amines is 1. The Balaban J connectivity index is 2.08. The number of carbonyl (C=O) groups excluding carboxylic acids is 2. The van der Waals surface area contributed by atoms with E-state index in [1.54, 1.807) is 13.8 Å². The molecule has 0 aliphatic carbocycles. The Morgan fingerprint density at radius 2 is 1.88 bits per heavy atom. The second kappa shape index (κ2) is 6.86. The molecule has 2 atom stereocenters. The van der Waals surface area contributed by atoms with Crippen molar-refractivity contribution in [2.24, 2.45) is 4.99 Å². The molecule has 1 aliphatic rings. The van der Waals surface area contributed by atoms with E-state index in [4.69, 9.17) is 9.47 Å². The van der Waals surface area contributed by atoms with Gasteiger partial charge in [0.15, 0.2) is 6.04 Å². The number of hydrogen-bond donors (Lipinski definition) is 1. The number of benzene rings is 1. The van der Waals surface area contributed by atoms with Crippen LogP contribution < -0.4 is 0 Å². The molecule has 0 saturated carbocycles. The van der Waals surface area contributed by atoms with Gasteiger partial charge in [0.25, 0.3) is 0 Å². The van der Waals surface area contributed by atoms with Crippen molar-refractivity contribution in [2.75, 3.05) is 13.2 Å². The van der Waals surface area contributed by atoms with Gasteiger partial charge in [0.2, 0.25) is 0 Å². The summed E-state index contributed by atoms with van der Waals surface area (Å²) in [7, 11) is 0. The highest BCUT2D eigenvalue weighted by Gasteiger charge is 2.32. The van der Waals surface area contributed by atoms with E-state index < -0.39 is 12.0 Å². The van der Waals surface area contributed by atoms with Gasteiger partial charge in [0.05, 0.1) is 13.2 Å². The summed E-state index contributed by atoms with van der Waals surface area (Å²) in [5.41, 5.74) is 2.58. The zero-order valence-corrected chi connectivity index (χ0v) is 13.7. The highest BCUT2D eigenvalue weighted by Crippen LogP contribution is 2.31. The summed E-state index contributed by atoms with van der Waals surface area (Å²) in [4.78, 5) is 32.1. The van der Waals surface area contributed by atoms with Crippen LogP contribution in [0.4, 0.5) is 0 Å². The number of esters is 2. The molecule has 1 aromatic carbocycles. The molecule has 1 N–H and O–H groups in total. The van der Waals surface area contributed by atoms with Gasteiger partial charge >= 0.3 is 11.9 Å². The van der Waals surface area contributed by atoms with Gasteiger partial charge in [-0.05, 0) is 25.5 Å². The van der Waals surface area contributed by atoms with E-state index in [1.165, 1.54) is 6.21 Å². The number of nitrogens with one attached hydrogen (secondary N) is 1. The predicted molar refractivity (Wildman–Crippen MR) is 90.3 cm³/mol. The van der Waals surface area contributed by atoms with Crippen LogP contribution in [0.3, 0.4) is 0 Å². The molecule has 1 aromatic heterocycles. The standard InChI is InChI=1S/C18H20N2O4/c1-3-23-17(21)13-10-19-15(18(22)24-4-2)9-12-11-7-5-6-8-14(11)20-16(12)13/h5-8,10,13,15,20H,3-4,9H2,1-2H3. The molecule has 0 spiro atoms. The Kier molecular flexibility index (Phi) is 4.64. The lowest BCUT2D eigenvalue weighted by Gasteiger charge is -2.10. The first-order chi connectivity index (χ1) is 11.7. The molecular formula is C18H20N2O4. The van der Waals surface area contributed by atoms with Gasteiger partial charge in [-0.1, -0.05) is 18.2 Å². The number of nitrogens with zero attached hydrogens (tertiary/aromatic N) is 1. The van der Waals surface area contributed by atoms with Gasteiger partial charge in [-0.25, -0.2) is 4.79 Å². The fourth-order valence-corrected chi connectivity index (χ4v) is 3.01. The number of aliphatic imine (C=N–C) groups is 1. The lowest BCUT2D eigenvalue weighted by atomic mass is 9.98. The Morgan fingerprint density at radius 1 is 1.17 bits per heavy atom. The molecule has 0 saturated heterocycles. The van der Waals surface area contributed by atoms with Crippen LogP contribution in [-0.4, -0.2) is 42.4 Å². The van der Waals surface area contributed by atoms with Crippen LogP contribution in [0, 0.1) is 0 Å². The number of rotatable bonds is 4. The average molecular weight is 328 g/mol. The summed E-state index contributed by atoms with van der Waals surface area (Å²) in [5, 5.41) is 0.988. The van der Waals surface area contributed by atoms with E-state index in [2.05, 4.69) is 9.98 Å². The summed E-state index contributed by atoms with van der Waals surface area (Å²) in [6.45, 7) is 4.11. The first kappa shape index (κ1) is 16.2. The molecule has 24 heavy (non-hydrogen) atoms. The van der Waals surface area contributed by atoms with Crippen molar-refractivity contribution < 1.29 is 19.1 Å². The molecule has 0 radical (unpaired) electrons. The average Bonchev–Trinajstić information content (AvgIpc) is 2.81. The van der Waals surface area contributed by atoms with Gasteiger partial charge < -0.3 is 14.5 Å². The lowest BCUT2D eigenvalue weighted by Crippen LogP contribution is -2.23. The molecule has 6 nitrogen and oxygen atoms in total. The maximum atomic E-state index is 12.3. The van der Waals surface area contributed by atoms with Crippen molar-refractivity contribution in [1.82, 2.24) is 4.98 Å². The van der Waals surface area contributed by atoms with Crippen LogP contribution in [0.1, 0.15) is 31.0 Å². The number of hydrogen-bond acceptors (Lipinski definition) is 5. The molecule has 126 valence electrons. The van der Waals surface area contributed by atoms with Gasteiger partial charge in [-0.2, -0.15) is 0 Å². The quantitative estimate of drug-likeness (QED) is 0.874. The maximum Gasteiger partial charge on any atom is 0.331 e. The van der Waals surface area contributed by atoms with Crippen molar-refractivity contribution in [3.05, 3.63) is 35.5 Å². The van der Waals surface area contributed by atoms with E-state index in [0.29, 0.717) is 19.6 Å². The van der Waals surface area contributed by atoms with Crippen LogP contribution in [-0.2, 0) is 25.5 Å². The zero-order valence-electron chi connectivity index (χ0n) is 13.7. The number of ether oxygens (including phenoxy) is 2. The molecule has 2 aromatic rings. The van der Waals surface area contributed by atoms with E-state index in [1.807, 2.05) is 24.3 Å². The third kappa shape index (κ3) is 2.91. The van der Waals surface area contributed by atoms with Crippen molar-refractivity contribution in [2.45, 2.75) is 32.2 Å². The normalized spacial score (nSPS) is 19.6. The fraction of sp³-hybridized carbons (Fsp3) is 0.389. The summed E-state index contributed by atoms with van der Waals surface area (Å²) in [6.07, 6.45) is 1.89. The smallest absolute Gasteiger partial charge is 0.331 e. The van der Waals surface area contributed by atoms with E-state index >= 15 is 0 Å². The van der Waals surface area contributed by atoms with Crippen LogP contribution in [0.15, 0.2) is 29.3 Å². The Labute approximate surface area is 139 Å². The Bertz CT molecular complexity index is 793. The van der Waals surface area contributed by atoms with Gasteiger partial charge in [-0.3, -0.25) is 9.79 Å². The predicted octanol–water partition coefficient (Wildman–Crippen LogP) is 2.37. The largest absolute Gasteiger partial charge is 0.465 e. The molecular weight excluding hydrogens is 308 g/mol. The van der Waals surface area contributed by atoms with Crippen molar-refractivity contribution >= 4 is 29.1 Å². The van der Waals surface area contributed by atoms with Crippen molar-refractivity contribution in [3.63, 3.8) is 0 Å². The number of fused-ring (bicyclic) bond motifs is 3. The fourth-order valence-electron chi connectivity index (χ4n) is 3.01. The monoisotopic (exact) mass is 328 g/mol. The summed E-state index contributed by atoms with van der Waals surface area (Å²) >= 11 is 0. The third-order valence-electron chi connectivity index (χ3n) is 4.07. The third-order valence-corrected chi connectivity index (χ3v) is 4.07.